The van der Waals surface area contributed by atoms with Crippen LogP contribution < -0.4 is 19.8 Å². The van der Waals surface area contributed by atoms with Gasteiger partial charge in [0, 0.05) is 30.8 Å². The van der Waals surface area contributed by atoms with Crippen LogP contribution in [0.2, 0.25) is 0 Å². The Hall–Kier alpha value is -2.96. The molecule has 7 nitrogen and oxygen atoms in total. The second kappa shape index (κ2) is 8.16. The fraction of sp³-hybridized carbons (Fsp3) is 0.400. The molecule has 1 aromatic heterocycles. The van der Waals surface area contributed by atoms with E-state index in [1.807, 2.05) is 18.2 Å². The molecule has 1 saturated heterocycles. The summed E-state index contributed by atoms with van der Waals surface area (Å²) < 4.78 is 17.3. The van der Waals surface area contributed by atoms with Crippen molar-refractivity contribution in [2.75, 3.05) is 34.4 Å². The van der Waals surface area contributed by atoms with Gasteiger partial charge in [-0.2, -0.15) is 0 Å². The van der Waals surface area contributed by atoms with Crippen LogP contribution in [0.3, 0.4) is 0 Å². The summed E-state index contributed by atoms with van der Waals surface area (Å²) in [5.41, 5.74) is 0.726. The van der Waals surface area contributed by atoms with Gasteiger partial charge in [0.25, 0.3) is 5.56 Å². The van der Waals surface area contributed by atoms with Crippen LogP contribution in [0, 0.1) is 0 Å². The minimum absolute atomic E-state index is 0.00199. The third kappa shape index (κ3) is 3.77. The van der Waals surface area contributed by atoms with Gasteiger partial charge in [0.15, 0.2) is 17.2 Å². The lowest BCUT2D eigenvalue weighted by molar-refractivity contribution is -0.130. The molecule has 1 fully saturated rings. The van der Waals surface area contributed by atoms with E-state index in [4.69, 9.17) is 14.2 Å². The molecule has 1 amide bonds. The number of nitrogens with zero attached hydrogens (tertiary/aromatic N) is 2. The van der Waals surface area contributed by atoms with Crippen LogP contribution in [0.5, 0.6) is 17.2 Å². The first-order valence-corrected chi connectivity index (χ1v) is 8.81. The zero-order valence-electron chi connectivity index (χ0n) is 15.8. The zero-order valence-corrected chi connectivity index (χ0v) is 15.8. The molecule has 1 aliphatic rings. The number of likely N-dealkylation sites (tertiary alicyclic amines) is 1. The van der Waals surface area contributed by atoms with E-state index in [9.17, 15) is 9.59 Å². The Labute approximate surface area is 158 Å². The van der Waals surface area contributed by atoms with E-state index in [0.717, 1.165) is 12.0 Å². The van der Waals surface area contributed by atoms with E-state index < -0.39 is 0 Å². The van der Waals surface area contributed by atoms with Crippen molar-refractivity contribution >= 4 is 5.91 Å². The van der Waals surface area contributed by atoms with Crippen LogP contribution >= 0.6 is 0 Å². The number of ether oxygens (including phenoxy) is 3. The Morgan fingerprint density at radius 2 is 1.81 bits per heavy atom. The lowest BCUT2D eigenvalue weighted by Crippen LogP contribution is -2.35. The van der Waals surface area contributed by atoms with Gasteiger partial charge in [-0.3, -0.25) is 9.59 Å². The van der Waals surface area contributed by atoms with Gasteiger partial charge in [0.2, 0.25) is 5.91 Å². The molecular formula is C20H24N2O5. The number of methoxy groups -OCH3 is 3. The topological polar surface area (TPSA) is 70.0 Å². The average Bonchev–Trinajstić information content (AvgIpc) is 3.19. The molecule has 1 aliphatic heterocycles. The summed E-state index contributed by atoms with van der Waals surface area (Å²) in [6.45, 7) is 1.22. The minimum atomic E-state index is -0.307. The molecule has 0 bridgehead atoms. The number of rotatable bonds is 6. The largest absolute Gasteiger partial charge is 0.493 e. The van der Waals surface area contributed by atoms with E-state index in [1.165, 1.54) is 11.7 Å². The molecule has 1 atom stereocenters. The highest BCUT2D eigenvalue weighted by atomic mass is 16.5. The Bertz CT molecular complexity index is 877. The first kappa shape index (κ1) is 18.8. The van der Waals surface area contributed by atoms with Crippen molar-refractivity contribution in [2.24, 2.45) is 0 Å². The molecule has 3 rings (SSSR count). The Morgan fingerprint density at radius 1 is 1.07 bits per heavy atom. The van der Waals surface area contributed by atoms with Crippen molar-refractivity contribution in [3.8, 4) is 17.2 Å². The molecule has 1 unspecified atom stereocenters. The fourth-order valence-corrected chi connectivity index (χ4v) is 3.51. The molecule has 1 aromatic carbocycles. The summed E-state index contributed by atoms with van der Waals surface area (Å²) in [6, 6.07) is 9.07. The van der Waals surface area contributed by atoms with E-state index in [1.54, 1.807) is 37.4 Å². The lowest BCUT2D eigenvalue weighted by Gasteiger charge is -2.19. The second-order valence-electron chi connectivity index (χ2n) is 6.42. The summed E-state index contributed by atoms with van der Waals surface area (Å²) >= 11 is 0. The highest BCUT2D eigenvalue weighted by Crippen LogP contribution is 2.39. The van der Waals surface area contributed by atoms with Gasteiger partial charge >= 0.3 is 0 Å². The number of hydrogen-bond donors (Lipinski definition) is 0. The summed E-state index contributed by atoms with van der Waals surface area (Å²) in [5, 5.41) is 0. The smallest absolute Gasteiger partial charge is 0.293 e. The zero-order chi connectivity index (χ0) is 19.4. The van der Waals surface area contributed by atoms with Crippen LogP contribution in [0.1, 0.15) is 17.9 Å². The third-order valence-corrected chi connectivity index (χ3v) is 4.92. The summed E-state index contributed by atoms with van der Waals surface area (Å²) in [6.07, 6.45) is 2.43. The standard InChI is InChI=1S/C20H24N2O5/c1-25-16-7-4-6-15(19(16)27-3)14-9-11-21(12-14)18(23)13-22-10-5-8-17(26-2)20(22)24/h4-8,10,14H,9,11-13H2,1-3H3. The predicted octanol–water partition coefficient (Wildman–Crippen LogP) is 1.89. The van der Waals surface area contributed by atoms with Crippen molar-refractivity contribution in [1.82, 2.24) is 9.47 Å². The number of hydrogen-bond acceptors (Lipinski definition) is 5. The predicted molar refractivity (Wildman–Crippen MR) is 101 cm³/mol. The van der Waals surface area contributed by atoms with Crippen LogP contribution in [-0.2, 0) is 11.3 Å². The molecule has 0 saturated carbocycles. The van der Waals surface area contributed by atoms with Gasteiger partial charge in [-0.05, 0) is 24.6 Å². The fourth-order valence-electron chi connectivity index (χ4n) is 3.51. The first-order chi connectivity index (χ1) is 13.1. The minimum Gasteiger partial charge on any atom is -0.493 e. The highest BCUT2D eigenvalue weighted by Gasteiger charge is 2.30. The van der Waals surface area contributed by atoms with Gasteiger partial charge < -0.3 is 23.7 Å². The van der Waals surface area contributed by atoms with Gasteiger partial charge in [0.1, 0.15) is 6.54 Å². The summed E-state index contributed by atoms with van der Waals surface area (Å²) in [4.78, 5) is 26.7. The number of para-hydroxylation sites is 1. The van der Waals surface area contributed by atoms with Crippen molar-refractivity contribution < 1.29 is 19.0 Å². The molecule has 0 N–H and O–H groups in total. The van der Waals surface area contributed by atoms with Crippen LogP contribution in [-0.4, -0.2) is 49.8 Å². The van der Waals surface area contributed by atoms with Gasteiger partial charge in [-0.25, -0.2) is 0 Å². The average molecular weight is 372 g/mol. The van der Waals surface area contributed by atoms with Crippen LogP contribution in [0.25, 0.3) is 0 Å². The normalized spacial score (nSPS) is 16.3. The molecule has 144 valence electrons. The molecule has 2 heterocycles. The first-order valence-electron chi connectivity index (χ1n) is 8.81. The van der Waals surface area contributed by atoms with Crippen LogP contribution in [0.4, 0.5) is 0 Å². The SMILES string of the molecule is COc1cccc(C2CCN(C(=O)Cn3cccc(OC)c3=O)C2)c1OC. The molecule has 0 aliphatic carbocycles. The van der Waals surface area contributed by atoms with E-state index >= 15 is 0 Å². The molecular weight excluding hydrogens is 348 g/mol. The Balaban J connectivity index is 1.73. The van der Waals surface area contributed by atoms with Crippen molar-refractivity contribution in [3.63, 3.8) is 0 Å². The summed E-state index contributed by atoms with van der Waals surface area (Å²) in [7, 11) is 4.67. The van der Waals surface area contributed by atoms with E-state index in [0.29, 0.717) is 24.6 Å². The third-order valence-electron chi connectivity index (χ3n) is 4.92. The maximum Gasteiger partial charge on any atom is 0.293 e. The monoisotopic (exact) mass is 372 g/mol. The number of amides is 1. The number of carbonyl (C=O) groups is 1. The molecule has 2 aromatic rings. The number of carbonyl (C=O) groups excluding carboxylic acids is 1. The molecule has 0 spiro atoms. The Morgan fingerprint density at radius 3 is 2.52 bits per heavy atom. The van der Waals surface area contributed by atoms with Crippen molar-refractivity contribution in [2.45, 2.75) is 18.9 Å². The Kier molecular flexibility index (Phi) is 5.69. The number of pyridine rings is 1. The highest BCUT2D eigenvalue weighted by molar-refractivity contribution is 5.76. The molecule has 27 heavy (non-hydrogen) atoms. The van der Waals surface area contributed by atoms with Crippen molar-refractivity contribution in [1.29, 1.82) is 0 Å². The van der Waals surface area contributed by atoms with Gasteiger partial charge in [-0.15, -0.1) is 0 Å². The van der Waals surface area contributed by atoms with Gasteiger partial charge in [-0.1, -0.05) is 12.1 Å². The van der Waals surface area contributed by atoms with E-state index in [2.05, 4.69) is 0 Å². The molecule has 0 radical (unpaired) electrons. The number of benzene rings is 1. The maximum atomic E-state index is 12.7. The summed E-state index contributed by atoms with van der Waals surface area (Å²) in [5.74, 6) is 1.70. The van der Waals surface area contributed by atoms with Crippen LogP contribution in [0.15, 0.2) is 41.3 Å². The molecule has 7 heteroatoms. The lowest BCUT2D eigenvalue weighted by atomic mass is 9.97. The van der Waals surface area contributed by atoms with E-state index in [-0.39, 0.29) is 29.7 Å². The van der Waals surface area contributed by atoms with Crippen molar-refractivity contribution in [3.05, 3.63) is 52.4 Å². The second-order valence-corrected chi connectivity index (χ2v) is 6.42. The van der Waals surface area contributed by atoms with Gasteiger partial charge in [0.05, 0.1) is 21.3 Å². The number of aromatic nitrogens is 1. The maximum absolute atomic E-state index is 12.7. The quantitative estimate of drug-likeness (QED) is 0.775.